The summed E-state index contributed by atoms with van der Waals surface area (Å²) >= 11 is 1.15. The molecule has 0 saturated carbocycles. The molecule has 2 aromatic rings. The number of rotatable bonds is 3. The van der Waals surface area contributed by atoms with Gasteiger partial charge in [-0.2, -0.15) is 0 Å². The van der Waals surface area contributed by atoms with E-state index in [0.717, 1.165) is 36.2 Å². The van der Waals surface area contributed by atoms with Crippen LogP contribution in [0.2, 0.25) is 0 Å². The molecule has 0 aliphatic heterocycles. The lowest BCUT2D eigenvalue weighted by molar-refractivity contribution is 0.508. The summed E-state index contributed by atoms with van der Waals surface area (Å²) in [5.74, 6) is 0. The monoisotopic (exact) mass is 308 g/mol. The van der Waals surface area contributed by atoms with Crippen LogP contribution in [0.4, 0.5) is 5.69 Å². The van der Waals surface area contributed by atoms with Gasteiger partial charge in [0.15, 0.2) is 0 Å². The van der Waals surface area contributed by atoms with Gasteiger partial charge in [-0.1, -0.05) is 24.3 Å². The van der Waals surface area contributed by atoms with Crippen molar-refractivity contribution in [2.45, 2.75) is 29.5 Å². The maximum Gasteiger partial charge on any atom is 0.250 e. The smallest absolute Gasteiger partial charge is 0.250 e. The molecule has 1 aromatic heterocycles. The van der Waals surface area contributed by atoms with Gasteiger partial charge < -0.3 is 5.73 Å². The molecule has 3 N–H and O–H groups in total. The van der Waals surface area contributed by atoms with Gasteiger partial charge in [-0.15, -0.1) is 11.3 Å². The van der Waals surface area contributed by atoms with Crippen molar-refractivity contribution >= 4 is 27.0 Å². The van der Waals surface area contributed by atoms with Crippen LogP contribution >= 0.6 is 11.3 Å². The number of nitrogens with one attached hydrogen (secondary N) is 1. The van der Waals surface area contributed by atoms with Gasteiger partial charge in [0.25, 0.3) is 10.0 Å². The van der Waals surface area contributed by atoms with Crippen LogP contribution in [-0.2, 0) is 16.4 Å². The second-order valence-electron chi connectivity index (χ2n) is 4.96. The minimum absolute atomic E-state index is 0.145. The highest BCUT2D eigenvalue weighted by molar-refractivity contribution is 7.91. The van der Waals surface area contributed by atoms with E-state index >= 15 is 0 Å². The van der Waals surface area contributed by atoms with Gasteiger partial charge in [0.2, 0.25) is 0 Å². The largest absolute Gasteiger partial charge is 0.398 e. The Hall–Kier alpha value is -1.37. The van der Waals surface area contributed by atoms with Crippen molar-refractivity contribution in [3.63, 3.8) is 0 Å². The SMILES string of the molecule is Nc1csc(S(=O)(=O)NC2CCCc3ccccc32)c1. The highest BCUT2D eigenvalue weighted by Crippen LogP contribution is 2.31. The van der Waals surface area contributed by atoms with E-state index in [2.05, 4.69) is 10.8 Å². The zero-order valence-electron chi connectivity index (χ0n) is 10.9. The number of benzene rings is 1. The summed E-state index contributed by atoms with van der Waals surface area (Å²) in [7, 11) is -3.49. The molecule has 4 nitrogen and oxygen atoms in total. The molecule has 1 unspecified atom stereocenters. The topological polar surface area (TPSA) is 72.2 Å². The minimum atomic E-state index is -3.49. The van der Waals surface area contributed by atoms with Gasteiger partial charge in [-0.05, 0) is 36.5 Å². The highest BCUT2D eigenvalue weighted by Gasteiger charge is 2.26. The van der Waals surface area contributed by atoms with Crippen molar-refractivity contribution in [1.82, 2.24) is 4.72 Å². The molecule has 1 heterocycles. The standard InChI is InChI=1S/C14H16N2O2S2/c15-11-8-14(19-9-11)20(17,18)16-13-7-3-5-10-4-1-2-6-12(10)13/h1-2,4,6,8-9,13,16H,3,5,7,15H2. The van der Waals surface area contributed by atoms with Crippen molar-refractivity contribution < 1.29 is 8.42 Å². The maximum atomic E-state index is 12.4. The maximum absolute atomic E-state index is 12.4. The Kier molecular flexibility index (Phi) is 3.54. The van der Waals surface area contributed by atoms with Gasteiger partial charge in [-0.3, -0.25) is 0 Å². The van der Waals surface area contributed by atoms with Crippen LogP contribution in [0.3, 0.4) is 0 Å². The average Bonchev–Trinajstić information content (AvgIpc) is 2.86. The minimum Gasteiger partial charge on any atom is -0.398 e. The Bertz CT molecular complexity index is 722. The summed E-state index contributed by atoms with van der Waals surface area (Å²) in [6.45, 7) is 0. The normalized spacial score (nSPS) is 18.7. The van der Waals surface area contributed by atoms with E-state index in [4.69, 9.17) is 5.73 Å². The zero-order valence-corrected chi connectivity index (χ0v) is 12.5. The molecule has 20 heavy (non-hydrogen) atoms. The molecule has 0 spiro atoms. The first kappa shape index (κ1) is 13.6. The van der Waals surface area contributed by atoms with Gasteiger partial charge in [0.05, 0.1) is 0 Å². The van der Waals surface area contributed by atoms with Crippen LogP contribution in [0.1, 0.15) is 30.0 Å². The molecule has 6 heteroatoms. The molecule has 0 amide bonds. The fraction of sp³-hybridized carbons (Fsp3) is 0.286. The second-order valence-corrected chi connectivity index (χ2v) is 7.82. The Morgan fingerprint density at radius 3 is 2.85 bits per heavy atom. The van der Waals surface area contributed by atoms with E-state index < -0.39 is 10.0 Å². The average molecular weight is 308 g/mol. The Labute approximate surface area is 122 Å². The number of aryl methyl sites for hydroxylation is 1. The summed E-state index contributed by atoms with van der Waals surface area (Å²) in [4.78, 5) is 0. The van der Waals surface area contributed by atoms with Crippen molar-refractivity contribution in [3.8, 4) is 0 Å². The van der Waals surface area contributed by atoms with Crippen LogP contribution in [0.15, 0.2) is 39.9 Å². The zero-order chi connectivity index (χ0) is 14.2. The molecule has 0 saturated heterocycles. The number of sulfonamides is 1. The Morgan fingerprint density at radius 1 is 1.30 bits per heavy atom. The molecule has 1 aliphatic rings. The number of thiophene rings is 1. The first-order valence-corrected chi connectivity index (χ1v) is 8.87. The molecule has 106 valence electrons. The Morgan fingerprint density at radius 2 is 2.10 bits per heavy atom. The fourth-order valence-corrected chi connectivity index (χ4v) is 4.94. The van der Waals surface area contributed by atoms with Crippen molar-refractivity contribution in [1.29, 1.82) is 0 Å². The van der Waals surface area contributed by atoms with Gasteiger partial charge in [0, 0.05) is 17.1 Å². The summed E-state index contributed by atoms with van der Waals surface area (Å²) in [5, 5.41) is 1.64. The molecule has 0 bridgehead atoms. The van der Waals surface area contributed by atoms with E-state index in [1.165, 1.54) is 11.6 Å². The first-order chi connectivity index (χ1) is 9.56. The molecule has 1 aliphatic carbocycles. The Balaban J connectivity index is 1.89. The van der Waals surface area contributed by atoms with E-state index in [9.17, 15) is 8.42 Å². The molecular weight excluding hydrogens is 292 g/mol. The molecule has 1 aromatic carbocycles. The third kappa shape index (κ3) is 2.59. The number of hydrogen-bond acceptors (Lipinski definition) is 4. The number of anilines is 1. The lowest BCUT2D eigenvalue weighted by Gasteiger charge is -2.25. The van der Waals surface area contributed by atoms with Gasteiger partial charge >= 0.3 is 0 Å². The van der Waals surface area contributed by atoms with E-state index in [-0.39, 0.29) is 10.3 Å². The predicted octanol–water partition coefficient (Wildman–Crippen LogP) is 2.69. The number of nitrogen functional groups attached to an aromatic ring is 1. The molecular formula is C14H16N2O2S2. The fourth-order valence-electron chi connectivity index (χ4n) is 2.59. The molecule has 3 rings (SSSR count). The lowest BCUT2D eigenvalue weighted by Crippen LogP contribution is -2.30. The van der Waals surface area contributed by atoms with Gasteiger partial charge in [0.1, 0.15) is 4.21 Å². The van der Waals surface area contributed by atoms with Crippen LogP contribution < -0.4 is 10.5 Å². The second kappa shape index (κ2) is 5.20. The van der Waals surface area contributed by atoms with E-state index in [0.29, 0.717) is 5.69 Å². The molecule has 0 fully saturated rings. The third-order valence-electron chi connectivity index (χ3n) is 3.53. The van der Waals surface area contributed by atoms with Crippen LogP contribution in [0.5, 0.6) is 0 Å². The summed E-state index contributed by atoms with van der Waals surface area (Å²) < 4.78 is 27.8. The summed E-state index contributed by atoms with van der Waals surface area (Å²) in [5.41, 5.74) is 8.41. The lowest BCUT2D eigenvalue weighted by atomic mass is 9.88. The van der Waals surface area contributed by atoms with Crippen LogP contribution in [0, 0.1) is 0 Å². The van der Waals surface area contributed by atoms with Crippen molar-refractivity contribution in [3.05, 3.63) is 46.8 Å². The highest BCUT2D eigenvalue weighted by atomic mass is 32.2. The summed E-state index contributed by atoms with van der Waals surface area (Å²) in [6, 6.07) is 9.38. The number of fused-ring (bicyclic) bond motifs is 1. The summed E-state index contributed by atoms with van der Waals surface area (Å²) in [6.07, 6.45) is 2.84. The van der Waals surface area contributed by atoms with Crippen molar-refractivity contribution in [2.24, 2.45) is 0 Å². The number of nitrogens with two attached hydrogens (primary N) is 1. The first-order valence-electron chi connectivity index (χ1n) is 6.50. The number of hydrogen-bond donors (Lipinski definition) is 2. The molecule has 1 atom stereocenters. The quantitative estimate of drug-likeness (QED) is 0.915. The van der Waals surface area contributed by atoms with Gasteiger partial charge in [-0.25, -0.2) is 13.1 Å². The molecule has 0 radical (unpaired) electrons. The van der Waals surface area contributed by atoms with E-state index in [1.807, 2.05) is 18.2 Å². The third-order valence-corrected chi connectivity index (χ3v) is 6.46. The predicted molar refractivity (Wildman–Crippen MR) is 81.2 cm³/mol. The van der Waals surface area contributed by atoms with Crippen molar-refractivity contribution in [2.75, 3.05) is 5.73 Å². The van der Waals surface area contributed by atoms with Crippen LogP contribution in [0.25, 0.3) is 0 Å². The van der Waals surface area contributed by atoms with E-state index in [1.54, 1.807) is 5.38 Å². The van der Waals surface area contributed by atoms with Crippen LogP contribution in [-0.4, -0.2) is 8.42 Å².